The highest BCUT2D eigenvalue weighted by molar-refractivity contribution is 7.90. The Balaban J connectivity index is 2.70. The van der Waals surface area contributed by atoms with Crippen molar-refractivity contribution in [2.75, 3.05) is 7.11 Å². The lowest BCUT2D eigenvalue weighted by Crippen LogP contribution is -2.13. The molecule has 1 aromatic carbocycles. The quantitative estimate of drug-likeness (QED) is 0.798. The lowest BCUT2D eigenvalue weighted by molar-refractivity contribution is 0.414. The molecule has 0 aliphatic rings. The van der Waals surface area contributed by atoms with Crippen molar-refractivity contribution in [2.24, 2.45) is 0 Å². The first-order valence-electron chi connectivity index (χ1n) is 4.01. The second-order valence-corrected chi connectivity index (χ2v) is 7.33. The molecule has 84 valence electrons. The minimum absolute atomic E-state index is 0.209. The van der Waals surface area contributed by atoms with E-state index in [0.29, 0.717) is 0 Å². The number of methoxy groups -OCH3 is 1. The average molecular weight is 288 g/mol. The van der Waals surface area contributed by atoms with Crippen LogP contribution in [0.4, 0.5) is 0 Å². The van der Waals surface area contributed by atoms with E-state index in [4.69, 9.17) is 39.5 Å². The van der Waals surface area contributed by atoms with Crippen LogP contribution in [0.15, 0.2) is 24.3 Å². The highest BCUT2D eigenvalue weighted by Gasteiger charge is 2.28. The molecule has 0 saturated carbocycles. The highest BCUT2D eigenvalue weighted by atomic mass is 35.6. The topological polar surface area (TPSA) is 26.3 Å². The molecule has 0 fully saturated rings. The molecule has 1 aromatic rings. The summed E-state index contributed by atoms with van der Waals surface area (Å²) in [5.74, 6) is 0.943. The Morgan fingerprint density at radius 1 is 1.27 bits per heavy atom. The summed E-state index contributed by atoms with van der Waals surface area (Å²) in [5, 5.41) is 0. The molecule has 0 radical (unpaired) electrons. The Morgan fingerprint density at radius 3 is 2.20 bits per heavy atom. The molecular weight excluding hydrogens is 279 g/mol. The first kappa shape index (κ1) is 13.1. The largest absolute Gasteiger partial charge is 0.497 e. The van der Waals surface area contributed by atoms with Gasteiger partial charge in [-0.1, -0.05) is 46.9 Å². The van der Waals surface area contributed by atoms with E-state index in [9.17, 15) is 4.21 Å². The molecule has 0 aliphatic heterocycles. The summed E-state index contributed by atoms with van der Waals surface area (Å²) in [7, 11) is 0.0365. The maximum absolute atomic E-state index is 11.5. The number of hydrogen-bond acceptors (Lipinski definition) is 2. The fourth-order valence-corrected chi connectivity index (χ4v) is 2.10. The van der Waals surface area contributed by atoms with Crippen LogP contribution in [0, 0.1) is 0 Å². The first-order chi connectivity index (χ1) is 6.93. The second-order valence-electron chi connectivity index (χ2n) is 2.78. The number of hydrogen-bond donors (Lipinski definition) is 0. The fourth-order valence-electron chi connectivity index (χ4n) is 0.955. The van der Waals surface area contributed by atoms with Crippen LogP contribution in [0.3, 0.4) is 0 Å². The molecule has 15 heavy (non-hydrogen) atoms. The van der Waals surface area contributed by atoms with Crippen molar-refractivity contribution in [3.05, 3.63) is 29.8 Å². The van der Waals surface area contributed by atoms with E-state index >= 15 is 0 Å². The predicted molar refractivity (Wildman–Crippen MR) is 65.1 cm³/mol. The van der Waals surface area contributed by atoms with Gasteiger partial charge in [-0.3, -0.25) is 4.21 Å². The summed E-state index contributed by atoms with van der Waals surface area (Å²) in [6.07, 6.45) is 0. The number of alkyl halides is 3. The molecule has 0 spiro atoms. The third kappa shape index (κ3) is 4.19. The van der Waals surface area contributed by atoms with Crippen LogP contribution in [0.1, 0.15) is 5.56 Å². The Hall–Kier alpha value is 0.0400. The van der Waals surface area contributed by atoms with Gasteiger partial charge in [-0.05, 0) is 17.7 Å². The molecular formula is C9H9Cl3O2S. The van der Waals surface area contributed by atoms with Crippen LogP contribution < -0.4 is 4.74 Å². The maximum atomic E-state index is 11.5. The van der Waals surface area contributed by atoms with E-state index in [1.165, 1.54) is 0 Å². The third-order valence-corrected chi connectivity index (χ3v) is 4.38. The average Bonchev–Trinajstić information content (AvgIpc) is 2.17. The summed E-state index contributed by atoms with van der Waals surface area (Å²) in [6, 6.07) is 7.11. The van der Waals surface area contributed by atoms with E-state index in [-0.39, 0.29) is 5.75 Å². The molecule has 0 saturated heterocycles. The molecule has 1 atom stereocenters. The number of benzene rings is 1. The Bertz CT molecular complexity index is 345. The van der Waals surface area contributed by atoms with Crippen LogP contribution in [0.5, 0.6) is 5.75 Å². The van der Waals surface area contributed by atoms with Crippen LogP contribution in [0.2, 0.25) is 0 Å². The summed E-state index contributed by atoms with van der Waals surface area (Å²) in [4.78, 5) is 0. The van der Waals surface area contributed by atoms with Gasteiger partial charge in [-0.15, -0.1) is 0 Å². The van der Waals surface area contributed by atoms with Gasteiger partial charge in [-0.25, -0.2) is 0 Å². The summed E-state index contributed by atoms with van der Waals surface area (Å²) in [5.41, 5.74) is 0.834. The van der Waals surface area contributed by atoms with Crippen molar-refractivity contribution in [1.82, 2.24) is 0 Å². The van der Waals surface area contributed by atoms with E-state index in [1.54, 1.807) is 31.4 Å². The van der Waals surface area contributed by atoms with Crippen molar-refractivity contribution in [3.8, 4) is 5.75 Å². The Morgan fingerprint density at radius 2 is 1.80 bits per heavy atom. The van der Waals surface area contributed by atoms with Crippen LogP contribution in [0.25, 0.3) is 0 Å². The van der Waals surface area contributed by atoms with Gasteiger partial charge in [0.2, 0.25) is 0 Å². The Kier molecular flexibility index (Phi) is 4.71. The Labute approximate surface area is 106 Å². The molecule has 0 bridgehead atoms. The van der Waals surface area contributed by atoms with Crippen molar-refractivity contribution < 1.29 is 8.95 Å². The van der Waals surface area contributed by atoms with E-state index in [1.807, 2.05) is 0 Å². The molecule has 0 aliphatic carbocycles. The number of ether oxygens (including phenoxy) is 1. The van der Waals surface area contributed by atoms with Gasteiger partial charge in [-0.2, -0.15) is 0 Å². The molecule has 1 rings (SSSR count). The van der Waals surface area contributed by atoms with Gasteiger partial charge < -0.3 is 4.74 Å². The minimum atomic E-state index is -1.74. The van der Waals surface area contributed by atoms with Crippen molar-refractivity contribution in [3.63, 3.8) is 0 Å². The molecule has 0 N–H and O–H groups in total. The van der Waals surface area contributed by atoms with Gasteiger partial charge in [0.05, 0.1) is 23.7 Å². The first-order valence-corrected chi connectivity index (χ1v) is 6.47. The molecule has 1 unspecified atom stereocenters. The zero-order chi connectivity index (χ0) is 11.5. The van der Waals surface area contributed by atoms with E-state index in [2.05, 4.69) is 0 Å². The van der Waals surface area contributed by atoms with Crippen molar-refractivity contribution in [1.29, 1.82) is 0 Å². The summed E-state index contributed by atoms with van der Waals surface area (Å²) in [6.45, 7) is 0. The lowest BCUT2D eigenvalue weighted by atomic mass is 10.2. The standard InChI is InChI=1S/C9H9Cl3O2S/c1-14-8-4-2-7(3-5-8)6-15(13)9(10,11)12/h2-5H,6H2,1H3. The molecule has 0 amide bonds. The zero-order valence-electron chi connectivity index (χ0n) is 7.88. The summed E-state index contributed by atoms with van der Waals surface area (Å²) < 4.78 is 14.7. The van der Waals surface area contributed by atoms with Gasteiger partial charge in [0.15, 0.2) is 0 Å². The summed E-state index contributed by atoms with van der Waals surface area (Å²) >= 11 is 16.5. The van der Waals surface area contributed by atoms with Crippen LogP contribution in [-0.4, -0.2) is 14.4 Å². The molecule has 2 nitrogen and oxygen atoms in total. The monoisotopic (exact) mass is 286 g/mol. The minimum Gasteiger partial charge on any atom is -0.497 e. The van der Waals surface area contributed by atoms with E-state index in [0.717, 1.165) is 11.3 Å². The molecule has 6 heteroatoms. The number of halogens is 3. The SMILES string of the molecule is COc1ccc(CS(=O)C(Cl)(Cl)Cl)cc1. The molecule has 0 aromatic heterocycles. The third-order valence-electron chi connectivity index (χ3n) is 1.71. The van der Waals surface area contributed by atoms with Crippen LogP contribution in [-0.2, 0) is 16.6 Å². The highest BCUT2D eigenvalue weighted by Crippen LogP contribution is 2.32. The van der Waals surface area contributed by atoms with Gasteiger partial charge in [0, 0.05) is 0 Å². The van der Waals surface area contributed by atoms with Gasteiger partial charge >= 0.3 is 0 Å². The predicted octanol–water partition coefficient (Wildman–Crippen LogP) is 3.27. The van der Waals surface area contributed by atoms with E-state index < -0.39 is 13.9 Å². The molecule has 0 heterocycles. The zero-order valence-corrected chi connectivity index (χ0v) is 11.0. The number of rotatable bonds is 3. The van der Waals surface area contributed by atoms with Crippen LogP contribution >= 0.6 is 34.8 Å². The second kappa shape index (κ2) is 5.39. The normalized spacial score (nSPS) is 13.6. The van der Waals surface area contributed by atoms with Gasteiger partial charge in [0.25, 0.3) is 3.12 Å². The van der Waals surface area contributed by atoms with Crippen molar-refractivity contribution >= 4 is 45.6 Å². The van der Waals surface area contributed by atoms with Gasteiger partial charge in [0.1, 0.15) is 5.75 Å². The van der Waals surface area contributed by atoms with Crippen molar-refractivity contribution in [2.45, 2.75) is 8.88 Å². The fraction of sp³-hybridized carbons (Fsp3) is 0.333. The smallest absolute Gasteiger partial charge is 0.266 e. The lowest BCUT2D eigenvalue weighted by Gasteiger charge is -2.10. The maximum Gasteiger partial charge on any atom is 0.266 e.